The lowest BCUT2D eigenvalue weighted by Crippen LogP contribution is -2.27. The van der Waals surface area contributed by atoms with E-state index in [2.05, 4.69) is 10.3 Å². The van der Waals surface area contributed by atoms with Gasteiger partial charge in [-0.15, -0.1) is 0 Å². The van der Waals surface area contributed by atoms with Crippen molar-refractivity contribution in [3.8, 4) is 0 Å². The summed E-state index contributed by atoms with van der Waals surface area (Å²) in [5, 5.41) is 2.97. The molecule has 1 aliphatic carbocycles. The molecular weight excluding hydrogens is 315 g/mol. The molecule has 0 bridgehead atoms. The van der Waals surface area contributed by atoms with E-state index in [0.29, 0.717) is 18.6 Å². The van der Waals surface area contributed by atoms with Crippen molar-refractivity contribution < 1.29 is 14.6 Å². The van der Waals surface area contributed by atoms with Crippen LogP contribution in [-0.4, -0.2) is 39.4 Å². The number of pyridine rings is 1. The molecule has 0 amide bonds. The molecule has 4 N–H and O–H groups in total. The maximum absolute atomic E-state index is 11.9. The molecule has 0 unspecified atom stereocenters. The summed E-state index contributed by atoms with van der Waals surface area (Å²) in [6, 6.07) is 3.12. The van der Waals surface area contributed by atoms with Crippen molar-refractivity contribution >= 4 is 13.5 Å². The zero-order valence-electron chi connectivity index (χ0n) is 13.3. The van der Waals surface area contributed by atoms with Gasteiger partial charge in [0.2, 0.25) is 5.56 Å². The predicted octanol–water partition coefficient (Wildman–Crippen LogP) is 1.45. The molecule has 0 atom stereocenters. The number of aromatic nitrogens is 1. The molecule has 1 heterocycles. The monoisotopic (exact) mass is 341 g/mol. The van der Waals surface area contributed by atoms with Gasteiger partial charge in [0.25, 0.3) is 7.72 Å². The van der Waals surface area contributed by atoms with Crippen molar-refractivity contribution in [1.29, 1.82) is 0 Å². The first-order valence-corrected chi connectivity index (χ1v) is 10.2. The molecule has 0 saturated heterocycles. The van der Waals surface area contributed by atoms with Crippen LogP contribution in [0.4, 0.5) is 0 Å². The van der Waals surface area contributed by atoms with E-state index in [1.807, 2.05) is 0 Å². The molecule has 0 aromatic carbocycles. The van der Waals surface area contributed by atoms with Crippen LogP contribution in [-0.2, 0) is 11.3 Å². The van der Waals surface area contributed by atoms with Crippen LogP contribution in [0.2, 0.25) is 0 Å². The third kappa shape index (κ3) is 6.92. The fourth-order valence-corrected chi connectivity index (χ4v) is 5.08. The van der Waals surface area contributed by atoms with Crippen molar-refractivity contribution in [3.05, 3.63) is 34.2 Å². The highest BCUT2D eigenvalue weighted by Gasteiger charge is 2.39. The number of ketones is 1. The molecule has 1 aromatic heterocycles. The number of nitrogens with one attached hydrogen (secondary N) is 2. The highest BCUT2D eigenvalue weighted by Crippen LogP contribution is 2.52. The number of hydrogen-bond donors (Lipinski definition) is 4. The third-order valence-corrected chi connectivity index (χ3v) is 6.17. The number of hydrogen-bond acceptors (Lipinski definition) is 5. The van der Waals surface area contributed by atoms with Crippen molar-refractivity contribution in [2.24, 2.45) is 5.92 Å². The summed E-state index contributed by atoms with van der Waals surface area (Å²) in [5.74, 6) is 0.178. The van der Waals surface area contributed by atoms with Gasteiger partial charge in [-0.1, -0.05) is 25.3 Å². The molecule has 7 heteroatoms. The zero-order valence-corrected chi connectivity index (χ0v) is 14.2. The Hall–Kier alpha value is -1.07. The quantitative estimate of drug-likeness (QED) is 0.536. The minimum absolute atomic E-state index is 0.104. The number of carbonyl (C=O) groups is 1. The van der Waals surface area contributed by atoms with Crippen molar-refractivity contribution in [2.75, 3.05) is 18.9 Å². The molecule has 6 nitrogen and oxygen atoms in total. The Morgan fingerprint density at radius 2 is 2.00 bits per heavy atom. The highest BCUT2D eigenvalue weighted by molar-refractivity contribution is 7.65. The third-order valence-electron chi connectivity index (χ3n) is 4.20. The molecule has 128 valence electrons. The van der Waals surface area contributed by atoms with Gasteiger partial charge in [-0.25, -0.2) is 9.79 Å². The lowest BCUT2D eigenvalue weighted by molar-refractivity contribution is -0.116. The van der Waals surface area contributed by atoms with Crippen LogP contribution in [0.3, 0.4) is 0 Å². The van der Waals surface area contributed by atoms with Gasteiger partial charge in [0.05, 0.1) is 6.54 Å². The maximum atomic E-state index is 11.9. The average Bonchev–Trinajstić information content (AvgIpc) is 2.49. The first-order chi connectivity index (χ1) is 10.9. The second-order valence-corrected chi connectivity index (χ2v) is 8.87. The Kier molecular flexibility index (Phi) is 6.90. The van der Waals surface area contributed by atoms with E-state index in [-0.39, 0.29) is 24.0 Å². The lowest BCUT2D eigenvalue weighted by Gasteiger charge is -2.23. The number of Topliss-reactive ketones (excluding diaryl/α,β-unsaturated/α-hetero) is 1. The summed E-state index contributed by atoms with van der Waals surface area (Å²) < 4.78 is 0. The Balaban J connectivity index is 1.70. The van der Waals surface area contributed by atoms with Crippen molar-refractivity contribution in [2.45, 2.75) is 38.6 Å². The van der Waals surface area contributed by atoms with Gasteiger partial charge >= 0.3 is 0 Å². The zero-order chi connectivity index (χ0) is 16.7. The minimum atomic E-state index is -3.12. The predicted molar refractivity (Wildman–Crippen MR) is 91.4 cm³/mol. The van der Waals surface area contributed by atoms with Crippen LogP contribution in [0.1, 0.15) is 37.7 Å². The summed E-state index contributed by atoms with van der Waals surface area (Å²) >= 11 is 0. The van der Waals surface area contributed by atoms with Crippen LogP contribution in [0, 0.1) is 5.92 Å². The summed E-state index contributed by atoms with van der Waals surface area (Å²) in [4.78, 5) is 45.8. The van der Waals surface area contributed by atoms with Gasteiger partial charge in [-0.2, -0.15) is 0 Å². The van der Waals surface area contributed by atoms with Gasteiger partial charge < -0.3 is 10.3 Å². The summed E-state index contributed by atoms with van der Waals surface area (Å²) in [6.07, 6.45) is 7.47. The van der Waals surface area contributed by atoms with E-state index in [1.165, 1.54) is 12.5 Å². The molecule has 0 spiro atoms. The Morgan fingerprint density at radius 3 is 2.65 bits per heavy atom. The van der Waals surface area contributed by atoms with Crippen LogP contribution in [0.15, 0.2) is 23.1 Å². The topological polar surface area (TPSA) is 102 Å². The summed E-state index contributed by atoms with van der Waals surface area (Å²) in [5.41, 5.74) is 0.705. The molecular formula is C16H26N2O4P+. The number of H-pyrrole nitrogens is 1. The Bertz CT molecular complexity index is 547. The second-order valence-electron chi connectivity index (χ2n) is 6.43. The van der Waals surface area contributed by atoms with Gasteiger partial charge in [-0.3, -0.25) is 9.59 Å². The molecule has 2 rings (SSSR count). The van der Waals surface area contributed by atoms with Crippen molar-refractivity contribution in [1.82, 2.24) is 10.3 Å². The summed E-state index contributed by atoms with van der Waals surface area (Å²) in [7, 11) is -3.12. The molecule has 1 saturated carbocycles. The molecule has 1 fully saturated rings. The van der Waals surface area contributed by atoms with Crippen molar-refractivity contribution in [3.63, 3.8) is 0 Å². The maximum Gasteiger partial charge on any atom is 0.275 e. The standard InChI is InChI=1S/C16H25N2O4P/c19-15(10-17-8-14-6-7-16(20)18-9-14)12-23(21,22)11-13-4-2-1-3-5-13/h6-7,9,13,17,21-22H,1-5,8,10-12H2/p+1. The van der Waals surface area contributed by atoms with E-state index >= 15 is 0 Å². The highest BCUT2D eigenvalue weighted by atomic mass is 31.2. The second kappa shape index (κ2) is 8.69. The van der Waals surface area contributed by atoms with Crippen LogP contribution < -0.4 is 10.9 Å². The van der Waals surface area contributed by atoms with Crippen LogP contribution in [0.5, 0.6) is 0 Å². The first-order valence-electron chi connectivity index (χ1n) is 8.17. The smallest absolute Gasteiger partial charge is 0.275 e. The van der Waals surface area contributed by atoms with E-state index in [9.17, 15) is 19.4 Å². The van der Waals surface area contributed by atoms with Gasteiger partial charge in [0.15, 0.2) is 11.9 Å². The fourth-order valence-electron chi connectivity index (χ4n) is 3.09. The van der Waals surface area contributed by atoms with Gasteiger partial charge in [0.1, 0.15) is 6.16 Å². The van der Waals surface area contributed by atoms with E-state index in [0.717, 1.165) is 31.2 Å². The molecule has 23 heavy (non-hydrogen) atoms. The van der Waals surface area contributed by atoms with Crippen LogP contribution >= 0.6 is 7.72 Å². The largest absolute Gasteiger partial charge is 0.329 e. The van der Waals surface area contributed by atoms with Gasteiger partial charge in [-0.05, 0) is 24.3 Å². The van der Waals surface area contributed by atoms with Gasteiger partial charge in [0, 0.05) is 18.8 Å². The fraction of sp³-hybridized carbons (Fsp3) is 0.625. The SMILES string of the molecule is O=C(CNCc1ccc(=O)[nH]c1)C[P+](O)(O)CC1CCCCC1. The minimum Gasteiger partial charge on any atom is -0.329 e. The molecule has 1 aromatic rings. The number of rotatable bonds is 8. The normalized spacial score (nSPS) is 16.4. The van der Waals surface area contributed by atoms with E-state index < -0.39 is 7.72 Å². The Morgan fingerprint density at radius 1 is 1.26 bits per heavy atom. The first kappa shape index (κ1) is 18.3. The van der Waals surface area contributed by atoms with E-state index in [1.54, 1.807) is 12.3 Å². The molecule has 0 radical (unpaired) electrons. The van der Waals surface area contributed by atoms with E-state index in [4.69, 9.17) is 0 Å². The van der Waals surface area contributed by atoms with Crippen LogP contribution in [0.25, 0.3) is 0 Å². The molecule has 1 aliphatic rings. The number of carbonyl (C=O) groups excluding carboxylic acids is 1. The summed E-state index contributed by atoms with van der Waals surface area (Å²) in [6.45, 7) is 0.556. The molecule has 0 aliphatic heterocycles. The Labute approximate surface area is 136 Å². The lowest BCUT2D eigenvalue weighted by atomic mass is 9.91. The average molecular weight is 341 g/mol. The number of aromatic amines is 1.